The Labute approximate surface area is 170 Å². The molecule has 0 unspecified atom stereocenters. The third-order valence-electron chi connectivity index (χ3n) is 5.60. The van der Waals surface area contributed by atoms with E-state index in [-0.39, 0.29) is 40.9 Å². The maximum absolute atomic E-state index is 12.7. The van der Waals surface area contributed by atoms with E-state index in [0.29, 0.717) is 13.1 Å². The van der Waals surface area contributed by atoms with E-state index in [0.717, 1.165) is 42.7 Å². The summed E-state index contributed by atoms with van der Waals surface area (Å²) in [4.78, 5) is 24.3. The molecule has 0 saturated carbocycles. The van der Waals surface area contributed by atoms with Crippen molar-refractivity contribution in [3.05, 3.63) is 34.4 Å². The molecular weight excluding hydrogens is 408 g/mol. The van der Waals surface area contributed by atoms with E-state index in [2.05, 4.69) is 5.32 Å². The second kappa shape index (κ2) is 8.73. The average Bonchev–Trinajstić information content (AvgIpc) is 3.10. The van der Waals surface area contributed by atoms with Gasteiger partial charge in [-0.3, -0.25) is 14.9 Å². The van der Waals surface area contributed by atoms with Gasteiger partial charge in [0.1, 0.15) is 0 Å². The zero-order valence-corrected chi connectivity index (χ0v) is 17.3. The van der Waals surface area contributed by atoms with Crippen molar-refractivity contribution in [1.29, 1.82) is 0 Å². The Balaban J connectivity index is 0.00000280. The van der Waals surface area contributed by atoms with E-state index in [1.54, 1.807) is 4.90 Å². The van der Waals surface area contributed by atoms with Gasteiger partial charge in [0.05, 0.1) is 16.4 Å². The van der Waals surface area contributed by atoms with Gasteiger partial charge in [0.2, 0.25) is 15.9 Å². The molecule has 156 valence electrons. The number of nitrogens with zero attached hydrogens (tertiary/aromatic N) is 3. The number of non-ortho nitro benzene ring substituents is 1. The number of hydrogen-bond donors (Lipinski definition) is 1. The Morgan fingerprint density at radius 2 is 2.00 bits per heavy atom. The molecule has 1 N–H and O–H groups in total. The van der Waals surface area contributed by atoms with Crippen LogP contribution in [-0.4, -0.2) is 68.2 Å². The van der Waals surface area contributed by atoms with Gasteiger partial charge in [-0.2, -0.15) is 4.31 Å². The first-order chi connectivity index (χ1) is 12.7. The predicted octanol–water partition coefficient (Wildman–Crippen LogP) is 1.24. The molecule has 9 nitrogen and oxygen atoms in total. The number of likely N-dealkylation sites (N-methyl/N-ethyl adjacent to an activating group) is 1. The van der Waals surface area contributed by atoms with Crippen molar-refractivity contribution in [2.24, 2.45) is 5.41 Å². The van der Waals surface area contributed by atoms with Gasteiger partial charge in [0, 0.05) is 38.8 Å². The normalized spacial score (nSPS) is 18.9. The number of hydrogen-bond acceptors (Lipinski definition) is 6. The Bertz CT molecular complexity index is 832. The van der Waals surface area contributed by atoms with Crippen molar-refractivity contribution < 1.29 is 18.1 Å². The molecule has 2 heterocycles. The van der Waals surface area contributed by atoms with Crippen molar-refractivity contribution in [2.45, 2.75) is 24.2 Å². The lowest BCUT2D eigenvalue weighted by molar-refractivity contribution is -0.385. The SMILES string of the molecule is CN(CC(=O)N1CCC2(CCNC2)CC1)S(=O)(=O)c1cccc([N+](=O)[O-])c1.Cl. The number of piperidine rings is 1. The number of sulfonamides is 1. The van der Waals surface area contributed by atoms with Crippen LogP contribution in [0.2, 0.25) is 0 Å². The fraction of sp³-hybridized carbons (Fsp3) is 0.588. The maximum Gasteiger partial charge on any atom is 0.270 e. The Morgan fingerprint density at radius 3 is 2.57 bits per heavy atom. The molecule has 2 aliphatic rings. The van der Waals surface area contributed by atoms with Crippen molar-refractivity contribution in [3.8, 4) is 0 Å². The molecule has 0 bridgehead atoms. The number of rotatable bonds is 5. The van der Waals surface area contributed by atoms with Gasteiger partial charge in [-0.05, 0) is 37.3 Å². The second-order valence-corrected chi connectivity index (χ2v) is 9.37. The van der Waals surface area contributed by atoms with Crippen molar-refractivity contribution >= 4 is 34.0 Å². The number of nitro benzene ring substituents is 1. The topological polar surface area (TPSA) is 113 Å². The molecule has 3 rings (SSSR count). The Hall–Kier alpha value is -1.75. The zero-order valence-electron chi connectivity index (χ0n) is 15.7. The number of amides is 1. The number of nitrogens with one attached hydrogen (secondary N) is 1. The molecule has 1 aromatic carbocycles. The van der Waals surface area contributed by atoms with E-state index in [1.165, 1.54) is 25.2 Å². The number of likely N-dealkylation sites (tertiary alicyclic amines) is 1. The van der Waals surface area contributed by atoms with Crippen molar-refractivity contribution in [3.63, 3.8) is 0 Å². The summed E-state index contributed by atoms with van der Waals surface area (Å²) < 4.78 is 26.3. The molecule has 2 fully saturated rings. The smallest absolute Gasteiger partial charge is 0.270 e. The summed E-state index contributed by atoms with van der Waals surface area (Å²) in [7, 11) is -2.66. The fourth-order valence-electron chi connectivity index (χ4n) is 3.77. The number of nitro groups is 1. The van der Waals surface area contributed by atoms with Gasteiger partial charge in [-0.25, -0.2) is 8.42 Å². The average molecular weight is 433 g/mol. The second-order valence-electron chi connectivity index (χ2n) is 7.32. The van der Waals surface area contributed by atoms with Gasteiger partial charge < -0.3 is 10.2 Å². The number of carbonyl (C=O) groups is 1. The molecule has 11 heteroatoms. The monoisotopic (exact) mass is 432 g/mol. The summed E-state index contributed by atoms with van der Waals surface area (Å²) in [6.45, 7) is 2.97. The minimum Gasteiger partial charge on any atom is -0.342 e. The van der Waals surface area contributed by atoms with Gasteiger partial charge >= 0.3 is 0 Å². The van der Waals surface area contributed by atoms with Crippen LogP contribution in [0.15, 0.2) is 29.2 Å². The van der Waals surface area contributed by atoms with Crippen LogP contribution >= 0.6 is 12.4 Å². The van der Waals surface area contributed by atoms with Crippen LogP contribution in [0, 0.1) is 15.5 Å². The molecule has 28 heavy (non-hydrogen) atoms. The summed E-state index contributed by atoms with van der Waals surface area (Å²) >= 11 is 0. The molecule has 1 amide bonds. The number of carbonyl (C=O) groups excluding carboxylic acids is 1. The van der Waals surface area contributed by atoms with E-state index >= 15 is 0 Å². The highest BCUT2D eigenvalue weighted by atomic mass is 35.5. The third kappa shape index (κ3) is 4.62. The van der Waals surface area contributed by atoms with Gasteiger partial charge in [-0.15, -0.1) is 12.4 Å². The van der Waals surface area contributed by atoms with E-state index in [1.807, 2.05) is 0 Å². The molecule has 2 saturated heterocycles. The van der Waals surface area contributed by atoms with Crippen LogP contribution in [-0.2, 0) is 14.8 Å². The quantitative estimate of drug-likeness (QED) is 0.553. The zero-order chi connectivity index (χ0) is 19.7. The summed E-state index contributed by atoms with van der Waals surface area (Å²) in [5.41, 5.74) is -0.0279. The molecule has 1 aromatic rings. The molecule has 0 radical (unpaired) electrons. The molecule has 0 aliphatic carbocycles. The van der Waals surface area contributed by atoms with Crippen LogP contribution in [0.25, 0.3) is 0 Å². The number of benzene rings is 1. The van der Waals surface area contributed by atoms with Crippen LogP contribution in [0.4, 0.5) is 5.69 Å². The molecule has 0 aromatic heterocycles. The predicted molar refractivity (Wildman–Crippen MR) is 106 cm³/mol. The summed E-state index contributed by atoms with van der Waals surface area (Å²) in [5, 5.41) is 14.2. The van der Waals surface area contributed by atoms with E-state index in [4.69, 9.17) is 0 Å². The van der Waals surface area contributed by atoms with Crippen molar-refractivity contribution in [2.75, 3.05) is 39.8 Å². The Morgan fingerprint density at radius 1 is 1.32 bits per heavy atom. The first kappa shape index (κ1) is 22.5. The first-order valence-corrected chi connectivity index (χ1v) is 10.4. The lowest BCUT2D eigenvalue weighted by Crippen LogP contribution is -2.47. The molecule has 1 spiro atoms. The standard InChI is InChI=1S/C17H24N4O5S.ClH/c1-19(27(25,26)15-4-2-3-14(11-15)21(23)24)12-16(22)20-9-6-17(7-10-20)5-8-18-13-17;/h2-4,11,18H,5-10,12-13H2,1H3;1H. The van der Waals surface area contributed by atoms with E-state index < -0.39 is 14.9 Å². The summed E-state index contributed by atoms with van der Waals surface area (Å²) in [5.74, 6) is -0.243. The third-order valence-corrected chi connectivity index (χ3v) is 7.40. The van der Waals surface area contributed by atoms with Crippen LogP contribution in [0.5, 0.6) is 0 Å². The highest BCUT2D eigenvalue weighted by molar-refractivity contribution is 7.89. The van der Waals surface area contributed by atoms with Crippen LogP contribution in [0.3, 0.4) is 0 Å². The van der Waals surface area contributed by atoms with Gasteiger partial charge in [-0.1, -0.05) is 6.07 Å². The van der Waals surface area contributed by atoms with Crippen molar-refractivity contribution in [1.82, 2.24) is 14.5 Å². The largest absolute Gasteiger partial charge is 0.342 e. The molecule has 2 aliphatic heterocycles. The van der Waals surface area contributed by atoms with Crippen LogP contribution in [0.1, 0.15) is 19.3 Å². The lowest BCUT2D eigenvalue weighted by atomic mass is 9.78. The number of halogens is 1. The molecule has 0 atom stereocenters. The molecular formula is C17H25ClN4O5S. The minimum atomic E-state index is -3.98. The Kier molecular flexibility index (Phi) is 7.02. The maximum atomic E-state index is 12.7. The first-order valence-electron chi connectivity index (χ1n) is 8.93. The summed E-state index contributed by atoms with van der Waals surface area (Å²) in [6, 6.07) is 4.85. The van der Waals surface area contributed by atoms with Gasteiger partial charge in [0.15, 0.2) is 0 Å². The van der Waals surface area contributed by atoms with Crippen LogP contribution < -0.4 is 5.32 Å². The van der Waals surface area contributed by atoms with Gasteiger partial charge in [0.25, 0.3) is 5.69 Å². The highest BCUT2D eigenvalue weighted by Crippen LogP contribution is 2.36. The highest BCUT2D eigenvalue weighted by Gasteiger charge is 2.38. The summed E-state index contributed by atoms with van der Waals surface area (Å²) in [6.07, 6.45) is 2.97. The fourth-order valence-corrected chi connectivity index (χ4v) is 4.93. The van der Waals surface area contributed by atoms with E-state index in [9.17, 15) is 23.3 Å². The minimum absolute atomic E-state index is 0. The lowest BCUT2D eigenvalue weighted by Gasteiger charge is -2.39.